The number of carbonyl (C=O) groups is 1. The molecule has 3 aliphatic heterocycles. The number of ether oxygens (including phenoxy) is 4. The summed E-state index contributed by atoms with van der Waals surface area (Å²) in [5, 5.41) is 9.87. The van der Waals surface area contributed by atoms with E-state index in [9.17, 15) is 10.1 Å². The van der Waals surface area contributed by atoms with Crippen LogP contribution in [0.1, 0.15) is 35.2 Å². The molecule has 0 spiro atoms. The molecule has 0 aliphatic carbocycles. The fourth-order valence-electron chi connectivity index (χ4n) is 6.00. The van der Waals surface area contributed by atoms with Gasteiger partial charge in [-0.15, -0.1) is 0 Å². The number of hydrogen-bond donors (Lipinski definition) is 0. The summed E-state index contributed by atoms with van der Waals surface area (Å²) in [6.07, 6.45) is 4.41. The Morgan fingerprint density at radius 1 is 1.07 bits per heavy atom. The van der Waals surface area contributed by atoms with Gasteiger partial charge in [0, 0.05) is 42.8 Å². The molecular formula is C32H29N3O6. The summed E-state index contributed by atoms with van der Waals surface area (Å²) >= 11 is 0. The zero-order valence-corrected chi connectivity index (χ0v) is 22.7. The molecule has 2 atom stereocenters. The Morgan fingerprint density at radius 3 is 2.71 bits per heavy atom. The molecule has 9 heteroatoms. The van der Waals surface area contributed by atoms with Crippen LogP contribution in [0.4, 0.5) is 0 Å². The molecular weight excluding hydrogens is 522 g/mol. The third kappa shape index (κ3) is 4.69. The van der Waals surface area contributed by atoms with Crippen molar-refractivity contribution in [2.75, 3.05) is 33.5 Å². The van der Waals surface area contributed by atoms with Gasteiger partial charge in [-0.05, 0) is 48.4 Å². The van der Waals surface area contributed by atoms with Crippen molar-refractivity contribution >= 4 is 17.0 Å². The van der Waals surface area contributed by atoms with E-state index in [2.05, 4.69) is 11.1 Å². The molecule has 41 heavy (non-hydrogen) atoms. The van der Waals surface area contributed by atoms with Gasteiger partial charge in [0.25, 0.3) is 5.91 Å². The molecule has 9 nitrogen and oxygen atoms in total. The van der Waals surface area contributed by atoms with Crippen LogP contribution >= 0.6 is 0 Å². The van der Waals surface area contributed by atoms with Crippen molar-refractivity contribution < 1.29 is 28.2 Å². The van der Waals surface area contributed by atoms with Crippen LogP contribution in [-0.4, -0.2) is 67.5 Å². The average Bonchev–Trinajstić information content (AvgIpc) is 3.77. The van der Waals surface area contributed by atoms with Crippen LogP contribution in [0, 0.1) is 11.3 Å². The number of furan rings is 1. The number of pyridine rings is 1. The average molecular weight is 552 g/mol. The summed E-state index contributed by atoms with van der Waals surface area (Å²) in [5.74, 6) is 1.67. The maximum Gasteiger partial charge on any atom is 0.254 e. The molecule has 4 aromatic rings. The van der Waals surface area contributed by atoms with Crippen LogP contribution in [0.2, 0.25) is 0 Å². The second-order valence-corrected chi connectivity index (χ2v) is 10.7. The summed E-state index contributed by atoms with van der Waals surface area (Å²) in [6, 6.07) is 17.2. The van der Waals surface area contributed by atoms with E-state index in [4.69, 9.17) is 23.4 Å². The largest absolute Gasteiger partial charge is 0.496 e. The van der Waals surface area contributed by atoms with E-state index in [1.165, 1.54) is 0 Å². The fraction of sp³-hybridized carbons (Fsp3) is 0.344. The molecule has 5 heterocycles. The highest BCUT2D eigenvalue weighted by molar-refractivity contribution is 5.97. The number of rotatable bonds is 6. The van der Waals surface area contributed by atoms with E-state index < -0.39 is 0 Å². The fourth-order valence-corrected chi connectivity index (χ4v) is 6.00. The van der Waals surface area contributed by atoms with Crippen molar-refractivity contribution in [3.05, 3.63) is 65.9 Å². The van der Waals surface area contributed by atoms with Crippen LogP contribution in [-0.2, 0) is 9.47 Å². The van der Waals surface area contributed by atoms with Gasteiger partial charge in [-0.3, -0.25) is 9.78 Å². The van der Waals surface area contributed by atoms with Crippen molar-refractivity contribution in [2.45, 2.75) is 37.5 Å². The SMILES string of the molecule is COc1cc(C(=O)N2CC3CC2CO3)ccc1-c1cc2nccc(-c3ccc(OC4CCOCC4)c(C#N)c3)c2o1. The maximum atomic E-state index is 13.2. The quantitative estimate of drug-likeness (QED) is 0.321. The Bertz CT molecular complexity index is 1670. The molecule has 7 rings (SSSR count). The third-order valence-electron chi connectivity index (χ3n) is 8.16. The molecule has 208 valence electrons. The number of nitriles is 1. The lowest BCUT2D eigenvalue weighted by Gasteiger charge is -2.27. The number of likely N-dealkylation sites (tertiary alicyclic amines) is 1. The first-order valence-corrected chi connectivity index (χ1v) is 13.9. The first kappa shape index (κ1) is 25.6. The zero-order valence-electron chi connectivity index (χ0n) is 22.7. The van der Waals surface area contributed by atoms with E-state index >= 15 is 0 Å². The number of methoxy groups -OCH3 is 1. The standard InChI is InChI=1S/C32H29N3O6/c1-37-29-13-20(32(36)35-17-24-14-22(35)18-39-24)2-4-26(29)30-15-27-31(41-30)25(6-9-34-27)19-3-5-28(21(12-19)16-33)40-23-7-10-38-11-8-23/h2-6,9,12-13,15,22-24H,7-8,10-11,14,17-18H2,1H3. The van der Waals surface area contributed by atoms with E-state index in [0.29, 0.717) is 65.9 Å². The van der Waals surface area contributed by atoms with E-state index in [0.717, 1.165) is 36.0 Å². The Balaban J connectivity index is 1.19. The minimum Gasteiger partial charge on any atom is -0.496 e. The van der Waals surface area contributed by atoms with E-state index in [-0.39, 0.29) is 24.2 Å². The number of nitrogens with zero attached hydrogens (tertiary/aromatic N) is 3. The van der Waals surface area contributed by atoms with Gasteiger partial charge in [0.15, 0.2) is 5.58 Å². The normalized spacial score (nSPS) is 20.3. The third-order valence-corrected chi connectivity index (χ3v) is 8.16. The number of morpholine rings is 1. The van der Waals surface area contributed by atoms with Crippen LogP contribution in [0.5, 0.6) is 11.5 Å². The van der Waals surface area contributed by atoms with Crippen LogP contribution in [0.3, 0.4) is 0 Å². The summed E-state index contributed by atoms with van der Waals surface area (Å²) in [5.41, 5.74) is 4.66. The highest BCUT2D eigenvalue weighted by Crippen LogP contribution is 2.39. The van der Waals surface area contributed by atoms with Gasteiger partial charge in [-0.2, -0.15) is 5.26 Å². The van der Waals surface area contributed by atoms with E-state index in [1.807, 2.05) is 47.4 Å². The summed E-state index contributed by atoms with van der Waals surface area (Å²) in [4.78, 5) is 19.6. The van der Waals surface area contributed by atoms with Gasteiger partial charge in [0.1, 0.15) is 34.9 Å². The molecule has 0 radical (unpaired) electrons. The molecule has 2 aromatic heterocycles. The Labute approximate surface area is 237 Å². The minimum atomic E-state index is -0.0169. The Hall–Kier alpha value is -4.39. The second-order valence-electron chi connectivity index (χ2n) is 10.7. The smallest absolute Gasteiger partial charge is 0.254 e. The first-order chi connectivity index (χ1) is 20.1. The van der Waals surface area contributed by atoms with Gasteiger partial charge < -0.3 is 28.3 Å². The second kappa shape index (κ2) is 10.5. The van der Waals surface area contributed by atoms with Crippen molar-refractivity contribution in [2.24, 2.45) is 0 Å². The number of amides is 1. The lowest BCUT2D eigenvalue weighted by atomic mass is 10.0. The zero-order chi connectivity index (χ0) is 27.9. The minimum absolute atomic E-state index is 0.0169. The van der Waals surface area contributed by atoms with Crippen LogP contribution in [0.15, 0.2) is 59.1 Å². The lowest BCUT2D eigenvalue weighted by Crippen LogP contribution is -2.41. The van der Waals surface area contributed by atoms with Gasteiger partial charge >= 0.3 is 0 Å². The molecule has 2 unspecified atom stereocenters. The Morgan fingerprint density at radius 2 is 1.95 bits per heavy atom. The number of aromatic nitrogens is 1. The topological polar surface area (TPSA) is 107 Å². The maximum absolute atomic E-state index is 13.2. The molecule has 2 bridgehead atoms. The molecule has 3 saturated heterocycles. The van der Waals surface area contributed by atoms with Gasteiger partial charge in [0.05, 0.1) is 50.2 Å². The monoisotopic (exact) mass is 551 g/mol. The van der Waals surface area contributed by atoms with Crippen molar-refractivity contribution in [3.8, 4) is 40.0 Å². The Kier molecular flexibility index (Phi) is 6.57. The van der Waals surface area contributed by atoms with Crippen molar-refractivity contribution in [1.82, 2.24) is 9.88 Å². The number of carbonyl (C=O) groups excluding carboxylic acids is 1. The van der Waals surface area contributed by atoms with Crippen LogP contribution in [0.25, 0.3) is 33.6 Å². The van der Waals surface area contributed by atoms with Gasteiger partial charge in [-0.1, -0.05) is 6.07 Å². The summed E-state index contributed by atoms with van der Waals surface area (Å²) < 4.78 is 29.3. The lowest BCUT2D eigenvalue weighted by molar-refractivity contribution is 0.0254. The highest BCUT2D eigenvalue weighted by atomic mass is 16.5. The van der Waals surface area contributed by atoms with Gasteiger partial charge in [0.2, 0.25) is 0 Å². The summed E-state index contributed by atoms with van der Waals surface area (Å²) in [7, 11) is 1.58. The first-order valence-electron chi connectivity index (χ1n) is 13.9. The molecule has 0 saturated carbocycles. The predicted octanol–water partition coefficient (Wildman–Crippen LogP) is 5.21. The number of hydrogen-bond acceptors (Lipinski definition) is 8. The highest BCUT2D eigenvalue weighted by Gasteiger charge is 2.41. The van der Waals surface area contributed by atoms with Crippen LogP contribution < -0.4 is 9.47 Å². The van der Waals surface area contributed by atoms with Crippen molar-refractivity contribution in [1.29, 1.82) is 5.26 Å². The number of fused-ring (bicyclic) bond motifs is 3. The van der Waals surface area contributed by atoms with Gasteiger partial charge in [-0.25, -0.2) is 0 Å². The molecule has 2 aromatic carbocycles. The molecule has 3 fully saturated rings. The predicted molar refractivity (Wildman–Crippen MR) is 150 cm³/mol. The van der Waals surface area contributed by atoms with Crippen molar-refractivity contribution in [3.63, 3.8) is 0 Å². The molecule has 0 N–H and O–H groups in total. The molecule has 3 aliphatic rings. The summed E-state index contributed by atoms with van der Waals surface area (Å²) in [6.45, 7) is 2.56. The van der Waals surface area contributed by atoms with E-state index in [1.54, 1.807) is 19.4 Å². The number of benzene rings is 2. The molecule has 1 amide bonds.